The summed E-state index contributed by atoms with van der Waals surface area (Å²) in [7, 11) is -1.97. The van der Waals surface area contributed by atoms with Gasteiger partial charge in [0.25, 0.3) is 0 Å². The summed E-state index contributed by atoms with van der Waals surface area (Å²) in [4.78, 5) is 37.8. The highest BCUT2D eigenvalue weighted by Crippen LogP contribution is 2.60. The molecule has 3 N–H and O–H groups in total. The van der Waals surface area contributed by atoms with Gasteiger partial charge in [0.1, 0.15) is 34.5 Å². The summed E-state index contributed by atoms with van der Waals surface area (Å²) in [5, 5.41) is 16.8. The number of nitrogens with one attached hydrogen (secondary N) is 2. The Balaban J connectivity index is 0.000000228. The average molecular weight is 752 g/mol. The molecule has 5 atom stereocenters. The number of rotatable bonds is 6. The van der Waals surface area contributed by atoms with Gasteiger partial charge in [-0.15, -0.1) is 0 Å². The van der Waals surface area contributed by atoms with Gasteiger partial charge in [-0.05, 0) is 112 Å². The van der Waals surface area contributed by atoms with E-state index in [9.17, 15) is 19.5 Å². The number of fused-ring (bicyclic) bond motifs is 1. The van der Waals surface area contributed by atoms with Gasteiger partial charge in [0.2, 0.25) is 5.79 Å². The van der Waals surface area contributed by atoms with Crippen LogP contribution in [0, 0.1) is 0 Å². The summed E-state index contributed by atoms with van der Waals surface area (Å²) in [5.41, 5.74) is -2.23. The third-order valence-electron chi connectivity index (χ3n) is 8.60. The maximum atomic E-state index is 12.8. The minimum absolute atomic E-state index is 0.0517. The summed E-state index contributed by atoms with van der Waals surface area (Å²) >= 11 is 12.8. The first-order valence-corrected chi connectivity index (χ1v) is 21.3. The van der Waals surface area contributed by atoms with Crippen LogP contribution in [0.3, 0.4) is 0 Å². The summed E-state index contributed by atoms with van der Waals surface area (Å²) in [6.07, 6.45) is 1.45. The zero-order chi connectivity index (χ0) is 37.3. The monoisotopic (exact) mass is 750 g/mol. The molecule has 0 spiro atoms. The van der Waals surface area contributed by atoms with Crippen molar-refractivity contribution in [1.29, 1.82) is 0 Å². The molecule has 2 unspecified atom stereocenters. The Bertz CT molecular complexity index is 1570. The van der Waals surface area contributed by atoms with Crippen molar-refractivity contribution < 1.29 is 38.1 Å². The van der Waals surface area contributed by atoms with Crippen LogP contribution in [-0.2, 0) is 34.5 Å². The van der Waals surface area contributed by atoms with Crippen molar-refractivity contribution in [3.8, 4) is 0 Å². The fourth-order valence-corrected chi connectivity index (χ4v) is 8.69. The molecule has 5 rings (SSSR count). The Morgan fingerprint density at radius 2 is 1.32 bits per heavy atom. The first kappa shape index (κ1) is 40.1. The number of ketones is 1. The number of carbonyl (C=O) groups is 3. The van der Waals surface area contributed by atoms with Crippen molar-refractivity contribution in [1.82, 2.24) is 10.6 Å². The second-order valence-electron chi connectivity index (χ2n) is 16.2. The topological polar surface area (TPSA) is 136 Å². The van der Waals surface area contributed by atoms with Crippen molar-refractivity contribution in [2.45, 2.75) is 140 Å². The lowest BCUT2D eigenvalue weighted by atomic mass is 9.74. The van der Waals surface area contributed by atoms with E-state index in [4.69, 9.17) is 41.8 Å². The van der Waals surface area contributed by atoms with Gasteiger partial charge in [0.05, 0.1) is 0 Å². The van der Waals surface area contributed by atoms with Crippen LogP contribution < -0.4 is 10.6 Å². The number of alkyl carbamates (subject to hydrolysis) is 2. The molecule has 0 aromatic heterocycles. The second-order valence-corrected chi connectivity index (χ2v) is 21.4. The average Bonchev–Trinajstić information content (AvgIpc) is 3.68. The minimum Gasteiger partial charge on any atom is -0.444 e. The molecule has 1 aliphatic heterocycles. The van der Waals surface area contributed by atoms with Crippen LogP contribution in [0.2, 0.25) is 29.7 Å². The fraction of sp³-hybridized carbons (Fsp3) is 0.595. The van der Waals surface area contributed by atoms with Gasteiger partial charge in [-0.1, -0.05) is 59.6 Å². The lowest BCUT2D eigenvalue weighted by Gasteiger charge is -2.45. The molecular weight excluding hydrogens is 699 g/mol. The predicted molar refractivity (Wildman–Crippen MR) is 196 cm³/mol. The van der Waals surface area contributed by atoms with E-state index < -0.39 is 60.5 Å². The third-order valence-corrected chi connectivity index (χ3v) is 10.2. The predicted octanol–water partition coefficient (Wildman–Crippen LogP) is 8.36. The maximum Gasteiger partial charge on any atom is 0.408 e. The molecule has 10 nitrogen and oxygen atoms in total. The fourth-order valence-electron chi connectivity index (χ4n) is 6.83. The molecule has 1 saturated heterocycles. The Morgan fingerprint density at radius 1 is 0.820 bits per heavy atom. The number of aliphatic hydroxyl groups excluding tert-OH is 1. The van der Waals surface area contributed by atoms with Crippen molar-refractivity contribution in [2.24, 2.45) is 0 Å². The molecule has 2 aliphatic carbocycles. The van der Waals surface area contributed by atoms with Crippen molar-refractivity contribution >= 4 is 49.5 Å². The van der Waals surface area contributed by atoms with Gasteiger partial charge < -0.3 is 34.4 Å². The van der Waals surface area contributed by atoms with Gasteiger partial charge in [-0.2, -0.15) is 0 Å². The summed E-state index contributed by atoms with van der Waals surface area (Å²) in [5.74, 6) is -1.35. The SMILES string of the molecule is CC(C)(C)OC(=O)N[C@@]1(c2ccccc2Cl)CCCC2OC21O[Si](C)(C)C.CC(C)(C)OC(=O)N[C@@]1(c2ccccc2Cl)CCC[C@@H](O)C1=O. The number of epoxide rings is 1. The van der Waals surface area contributed by atoms with E-state index in [0.29, 0.717) is 41.3 Å². The number of Topliss-reactive ketones (excluding diaryl/α,β-unsaturated/α-hetero) is 1. The summed E-state index contributed by atoms with van der Waals surface area (Å²) in [6.45, 7) is 17.1. The van der Waals surface area contributed by atoms with Crippen molar-refractivity contribution in [3.05, 3.63) is 69.7 Å². The number of hydrogen-bond acceptors (Lipinski definition) is 8. The largest absolute Gasteiger partial charge is 0.444 e. The highest BCUT2D eigenvalue weighted by molar-refractivity contribution is 6.69. The minimum atomic E-state index is -1.97. The Hall–Kier alpha value is -2.67. The van der Waals surface area contributed by atoms with Crippen LogP contribution in [0.15, 0.2) is 48.5 Å². The molecular formula is C37H52Cl2N2O8Si. The molecule has 50 heavy (non-hydrogen) atoms. The zero-order valence-electron chi connectivity index (χ0n) is 30.6. The molecule has 2 aromatic rings. The van der Waals surface area contributed by atoms with Gasteiger partial charge in [0, 0.05) is 21.2 Å². The normalized spacial score (nSPS) is 28.0. The first-order chi connectivity index (χ1) is 23.0. The molecule has 0 radical (unpaired) electrons. The molecule has 0 bridgehead atoms. The number of carbonyl (C=O) groups excluding carboxylic acids is 3. The molecule has 3 aliphatic rings. The third kappa shape index (κ3) is 9.03. The number of ether oxygens (including phenoxy) is 3. The Kier molecular flexibility index (Phi) is 11.8. The van der Waals surface area contributed by atoms with Crippen LogP contribution >= 0.6 is 23.2 Å². The van der Waals surface area contributed by atoms with Crippen LogP contribution in [0.25, 0.3) is 0 Å². The van der Waals surface area contributed by atoms with Crippen LogP contribution in [-0.4, -0.2) is 60.6 Å². The lowest BCUT2D eigenvalue weighted by molar-refractivity contribution is -0.138. The number of benzene rings is 2. The van der Waals surface area contributed by atoms with Gasteiger partial charge >= 0.3 is 12.2 Å². The van der Waals surface area contributed by atoms with E-state index in [1.165, 1.54) is 0 Å². The van der Waals surface area contributed by atoms with E-state index >= 15 is 0 Å². The van der Waals surface area contributed by atoms with E-state index in [1.54, 1.807) is 45.0 Å². The highest BCUT2D eigenvalue weighted by Gasteiger charge is 2.74. The molecule has 2 aromatic carbocycles. The van der Waals surface area contributed by atoms with E-state index in [0.717, 1.165) is 18.4 Å². The van der Waals surface area contributed by atoms with Crippen LogP contribution in [0.1, 0.15) is 91.2 Å². The van der Waals surface area contributed by atoms with Crippen LogP contribution in [0.4, 0.5) is 9.59 Å². The lowest BCUT2D eigenvalue weighted by Crippen LogP contribution is -2.62. The Labute approximate surface area is 307 Å². The standard InChI is InChI=1S/C20H30ClNO4Si.C17H22ClNO4/c1-18(2,3)25-17(23)22-19(14-10-7-8-11-15(14)21)13-9-12-16-20(19,24-16)26-27(4,5)6;1-16(2,3)23-15(22)19-17(10-6-9-13(20)14(17)21)11-7-4-5-8-12(11)18/h7-8,10-11,16H,9,12-13H2,1-6H3,(H,22,23);4-5,7-8,13,20H,6,9-10H2,1-3H3,(H,19,22)/t16?,19-,20?;13-,17-/m11/s1. The number of aliphatic hydroxyl groups is 1. The molecule has 276 valence electrons. The zero-order valence-corrected chi connectivity index (χ0v) is 33.1. The van der Waals surface area contributed by atoms with E-state index in [2.05, 4.69) is 30.3 Å². The number of hydrogen-bond donors (Lipinski definition) is 3. The number of halogens is 2. The van der Waals surface area contributed by atoms with Gasteiger partial charge in [-0.3, -0.25) is 4.79 Å². The molecule has 2 amide bonds. The molecule has 3 fully saturated rings. The van der Waals surface area contributed by atoms with Gasteiger partial charge in [0.15, 0.2) is 14.1 Å². The van der Waals surface area contributed by atoms with Crippen molar-refractivity contribution in [3.63, 3.8) is 0 Å². The summed E-state index contributed by atoms with van der Waals surface area (Å²) < 4.78 is 23.6. The number of amides is 2. The molecule has 2 saturated carbocycles. The second kappa shape index (κ2) is 14.8. The van der Waals surface area contributed by atoms with Crippen LogP contribution in [0.5, 0.6) is 0 Å². The van der Waals surface area contributed by atoms with Crippen molar-refractivity contribution in [2.75, 3.05) is 0 Å². The van der Waals surface area contributed by atoms with E-state index in [1.807, 2.05) is 45.0 Å². The highest BCUT2D eigenvalue weighted by atomic mass is 35.5. The summed E-state index contributed by atoms with van der Waals surface area (Å²) in [6, 6.07) is 14.4. The smallest absolute Gasteiger partial charge is 0.408 e. The van der Waals surface area contributed by atoms with Gasteiger partial charge in [-0.25, -0.2) is 9.59 Å². The Morgan fingerprint density at radius 3 is 1.84 bits per heavy atom. The molecule has 13 heteroatoms. The quantitative estimate of drug-likeness (QED) is 0.198. The molecule has 1 heterocycles. The first-order valence-electron chi connectivity index (χ1n) is 17.2. The van der Waals surface area contributed by atoms with E-state index in [-0.39, 0.29) is 6.10 Å². The maximum absolute atomic E-state index is 12.8.